The van der Waals surface area contributed by atoms with Gasteiger partial charge in [0.05, 0.1) is 35.1 Å². The van der Waals surface area contributed by atoms with Crippen molar-refractivity contribution >= 4 is 22.6 Å². The summed E-state index contributed by atoms with van der Waals surface area (Å²) in [6.07, 6.45) is 7.10. The van der Waals surface area contributed by atoms with Crippen molar-refractivity contribution in [2.45, 2.75) is 25.8 Å². The molecule has 5 rings (SSSR count). The Morgan fingerprint density at radius 1 is 1.28 bits per heavy atom. The molecule has 1 fully saturated rings. The molecule has 0 radical (unpaired) electrons. The van der Waals surface area contributed by atoms with Gasteiger partial charge in [-0.15, -0.1) is 0 Å². The Morgan fingerprint density at radius 2 is 2.14 bits per heavy atom. The van der Waals surface area contributed by atoms with E-state index in [2.05, 4.69) is 33.0 Å². The van der Waals surface area contributed by atoms with Gasteiger partial charge in [-0.1, -0.05) is 0 Å². The summed E-state index contributed by atoms with van der Waals surface area (Å²) in [5.74, 6) is 1.38. The number of pyridine rings is 1. The van der Waals surface area contributed by atoms with E-state index in [1.54, 1.807) is 35.2 Å². The van der Waals surface area contributed by atoms with Crippen molar-refractivity contribution in [2.24, 2.45) is 0 Å². The number of ether oxygens (including phenoxy) is 1. The highest BCUT2D eigenvalue weighted by molar-refractivity contribution is 5.81. The van der Waals surface area contributed by atoms with Crippen LogP contribution in [-0.4, -0.2) is 48.9 Å². The normalized spacial score (nSPS) is 15.0. The Labute approximate surface area is 167 Å². The van der Waals surface area contributed by atoms with E-state index in [1.807, 2.05) is 0 Å². The van der Waals surface area contributed by atoms with E-state index in [1.165, 1.54) is 0 Å². The molecule has 0 amide bonds. The number of hydrogen-bond donors (Lipinski definition) is 1. The molecule has 0 bridgehead atoms. The van der Waals surface area contributed by atoms with Gasteiger partial charge in [0.1, 0.15) is 5.52 Å². The molecule has 4 aromatic heterocycles. The van der Waals surface area contributed by atoms with Crippen molar-refractivity contribution in [3.8, 4) is 17.5 Å². The molecule has 1 N–H and O–H groups in total. The molecular formula is C20H20N8O. The van der Waals surface area contributed by atoms with Crippen LogP contribution < -0.4 is 5.32 Å². The summed E-state index contributed by atoms with van der Waals surface area (Å²) in [6, 6.07) is 5.98. The van der Waals surface area contributed by atoms with Crippen LogP contribution in [0.4, 0.5) is 5.95 Å². The summed E-state index contributed by atoms with van der Waals surface area (Å²) in [6.45, 7) is 4.30. The zero-order valence-electron chi connectivity index (χ0n) is 16.0. The number of nitriles is 1. The molecule has 5 heterocycles. The lowest BCUT2D eigenvalue weighted by Crippen LogP contribution is -2.21. The minimum atomic E-state index is 0.277. The lowest BCUT2D eigenvalue weighted by Gasteiger charge is -2.25. The first-order valence-electron chi connectivity index (χ1n) is 9.73. The third-order valence-electron chi connectivity index (χ3n) is 5.22. The average molecular weight is 388 g/mol. The molecule has 0 atom stereocenters. The van der Waals surface area contributed by atoms with Crippen LogP contribution in [0.1, 0.15) is 31.4 Å². The van der Waals surface area contributed by atoms with Gasteiger partial charge in [-0.3, -0.25) is 4.57 Å². The SMILES string of the molecule is CCNc1nc2cnc(-c3cnn4ccc(C#N)cc34)nc2n1C1CCOCC1. The molecule has 0 aliphatic carbocycles. The number of nitrogens with one attached hydrogen (secondary N) is 1. The molecule has 1 aliphatic heterocycles. The molecule has 29 heavy (non-hydrogen) atoms. The van der Waals surface area contributed by atoms with Gasteiger partial charge in [-0.05, 0) is 31.9 Å². The molecular weight excluding hydrogens is 368 g/mol. The van der Waals surface area contributed by atoms with Gasteiger partial charge in [0, 0.05) is 32.0 Å². The van der Waals surface area contributed by atoms with Crippen LogP contribution in [0.15, 0.2) is 30.7 Å². The van der Waals surface area contributed by atoms with Crippen molar-refractivity contribution in [3.05, 3.63) is 36.3 Å². The van der Waals surface area contributed by atoms with Crippen LogP contribution in [0.3, 0.4) is 0 Å². The van der Waals surface area contributed by atoms with Crippen molar-refractivity contribution in [3.63, 3.8) is 0 Å². The van der Waals surface area contributed by atoms with E-state index in [-0.39, 0.29) is 6.04 Å². The van der Waals surface area contributed by atoms with Gasteiger partial charge in [-0.25, -0.2) is 19.5 Å². The van der Waals surface area contributed by atoms with Gasteiger partial charge in [0.15, 0.2) is 11.5 Å². The summed E-state index contributed by atoms with van der Waals surface area (Å²) in [5, 5.41) is 17.0. The zero-order chi connectivity index (χ0) is 19.8. The molecule has 1 aliphatic rings. The van der Waals surface area contributed by atoms with Crippen molar-refractivity contribution in [1.29, 1.82) is 5.26 Å². The predicted octanol–water partition coefficient (Wildman–Crippen LogP) is 2.80. The molecule has 0 unspecified atom stereocenters. The molecule has 0 saturated carbocycles. The van der Waals surface area contributed by atoms with E-state index >= 15 is 0 Å². The molecule has 146 valence electrons. The van der Waals surface area contributed by atoms with E-state index in [0.29, 0.717) is 11.4 Å². The standard InChI is InChI=1S/C20H20N8O/c1-2-22-20-25-16-12-23-18(26-19(16)28(20)14-4-7-29-8-5-14)15-11-24-27-6-3-13(10-21)9-17(15)27/h3,6,9,11-12,14H,2,4-5,7-8H2,1H3,(H,22,25). The zero-order valence-corrected chi connectivity index (χ0v) is 16.0. The van der Waals surface area contributed by atoms with Crippen LogP contribution in [0.25, 0.3) is 28.1 Å². The maximum Gasteiger partial charge on any atom is 0.205 e. The van der Waals surface area contributed by atoms with Crippen LogP contribution >= 0.6 is 0 Å². The fourth-order valence-electron chi connectivity index (χ4n) is 3.82. The summed E-state index contributed by atoms with van der Waals surface area (Å²) in [4.78, 5) is 14.1. The van der Waals surface area contributed by atoms with Gasteiger partial charge in [0.25, 0.3) is 0 Å². The van der Waals surface area contributed by atoms with Crippen LogP contribution in [-0.2, 0) is 4.74 Å². The Morgan fingerprint density at radius 3 is 2.93 bits per heavy atom. The molecule has 0 aromatic carbocycles. The first-order chi connectivity index (χ1) is 14.3. The third kappa shape index (κ3) is 2.98. The van der Waals surface area contributed by atoms with Gasteiger partial charge in [-0.2, -0.15) is 10.4 Å². The largest absolute Gasteiger partial charge is 0.381 e. The average Bonchev–Trinajstić information content (AvgIpc) is 3.34. The van der Waals surface area contributed by atoms with Crippen molar-refractivity contribution in [2.75, 3.05) is 25.1 Å². The quantitative estimate of drug-likeness (QED) is 0.573. The van der Waals surface area contributed by atoms with Crippen molar-refractivity contribution in [1.82, 2.24) is 29.1 Å². The van der Waals surface area contributed by atoms with Crippen LogP contribution in [0, 0.1) is 11.3 Å². The summed E-state index contributed by atoms with van der Waals surface area (Å²) in [5.41, 5.74) is 3.71. The second-order valence-corrected chi connectivity index (χ2v) is 7.00. The minimum absolute atomic E-state index is 0.277. The second kappa shape index (κ2) is 7.14. The lowest BCUT2D eigenvalue weighted by molar-refractivity contribution is 0.0709. The molecule has 9 nitrogen and oxygen atoms in total. The molecule has 0 spiro atoms. The van der Waals surface area contributed by atoms with E-state index in [0.717, 1.165) is 60.8 Å². The molecule has 9 heteroatoms. The van der Waals surface area contributed by atoms with Crippen LogP contribution in [0.2, 0.25) is 0 Å². The fraction of sp³-hybridized carbons (Fsp3) is 0.350. The maximum absolute atomic E-state index is 9.23. The highest BCUT2D eigenvalue weighted by Gasteiger charge is 2.23. The first kappa shape index (κ1) is 17.6. The lowest BCUT2D eigenvalue weighted by atomic mass is 10.1. The summed E-state index contributed by atoms with van der Waals surface area (Å²) >= 11 is 0. The van der Waals surface area contributed by atoms with Crippen LogP contribution in [0.5, 0.6) is 0 Å². The number of nitrogens with zero attached hydrogens (tertiary/aromatic N) is 7. The number of rotatable bonds is 4. The predicted molar refractivity (Wildman–Crippen MR) is 107 cm³/mol. The van der Waals surface area contributed by atoms with Gasteiger partial charge >= 0.3 is 0 Å². The Hall–Kier alpha value is -3.51. The summed E-state index contributed by atoms with van der Waals surface area (Å²) in [7, 11) is 0. The number of anilines is 1. The van der Waals surface area contributed by atoms with Gasteiger partial charge in [0.2, 0.25) is 5.95 Å². The van der Waals surface area contributed by atoms with E-state index in [9.17, 15) is 5.26 Å². The number of fused-ring (bicyclic) bond motifs is 2. The highest BCUT2D eigenvalue weighted by atomic mass is 16.5. The van der Waals surface area contributed by atoms with E-state index in [4.69, 9.17) is 14.7 Å². The Balaban J connectivity index is 1.68. The maximum atomic E-state index is 9.23. The number of imidazole rings is 1. The monoisotopic (exact) mass is 388 g/mol. The minimum Gasteiger partial charge on any atom is -0.381 e. The number of hydrogen-bond acceptors (Lipinski definition) is 7. The smallest absolute Gasteiger partial charge is 0.205 e. The first-order valence-corrected chi connectivity index (χ1v) is 9.73. The Bertz CT molecular complexity index is 1230. The summed E-state index contributed by atoms with van der Waals surface area (Å²) < 4.78 is 9.44. The van der Waals surface area contributed by atoms with E-state index < -0.39 is 0 Å². The third-order valence-corrected chi connectivity index (χ3v) is 5.22. The molecule has 4 aromatic rings. The van der Waals surface area contributed by atoms with Gasteiger partial charge < -0.3 is 10.1 Å². The second-order valence-electron chi connectivity index (χ2n) is 7.00. The fourth-order valence-corrected chi connectivity index (χ4v) is 3.82. The number of aromatic nitrogens is 6. The Kier molecular flexibility index (Phi) is 4.33. The highest BCUT2D eigenvalue weighted by Crippen LogP contribution is 2.31. The molecule has 1 saturated heterocycles. The topological polar surface area (TPSA) is 106 Å². The van der Waals surface area contributed by atoms with Crippen molar-refractivity contribution < 1.29 is 4.74 Å².